The van der Waals surface area contributed by atoms with Crippen molar-refractivity contribution in [3.8, 4) is 0 Å². The van der Waals surface area contributed by atoms with Crippen LogP contribution in [0, 0.1) is 6.92 Å². The van der Waals surface area contributed by atoms with E-state index in [9.17, 15) is 0 Å². The molecule has 1 atom stereocenters. The van der Waals surface area contributed by atoms with Crippen LogP contribution in [-0.2, 0) is 0 Å². The molecule has 1 fully saturated rings. The summed E-state index contributed by atoms with van der Waals surface area (Å²) in [5.41, 5.74) is 0. The lowest BCUT2D eigenvalue weighted by molar-refractivity contribution is 0.474. The fourth-order valence-electron chi connectivity index (χ4n) is 2.10. The second kappa shape index (κ2) is 5.67. The lowest BCUT2D eigenvalue weighted by atomic mass is 10.1. The molecule has 0 N–H and O–H groups in total. The van der Waals surface area contributed by atoms with Crippen LogP contribution in [0.5, 0.6) is 0 Å². The summed E-state index contributed by atoms with van der Waals surface area (Å²) in [6.45, 7) is 8.32. The Labute approximate surface area is 102 Å². The summed E-state index contributed by atoms with van der Waals surface area (Å²) in [5, 5.41) is 0.413. The van der Waals surface area contributed by atoms with E-state index in [0.29, 0.717) is 5.25 Å². The molecule has 0 amide bonds. The molecule has 1 aromatic heterocycles. The minimum absolute atomic E-state index is 0.413. The van der Waals surface area contributed by atoms with Crippen LogP contribution >= 0.6 is 11.8 Å². The lowest BCUT2D eigenvalue weighted by Crippen LogP contribution is -2.28. The van der Waals surface area contributed by atoms with Gasteiger partial charge in [-0.05, 0) is 44.9 Å². The monoisotopic (exact) mass is 238 g/mol. The first-order valence-electron chi connectivity index (χ1n) is 6.07. The van der Waals surface area contributed by atoms with E-state index >= 15 is 0 Å². The van der Waals surface area contributed by atoms with E-state index in [0.717, 1.165) is 30.5 Å². The molecule has 2 nitrogen and oxygen atoms in total. The van der Waals surface area contributed by atoms with Crippen LogP contribution in [0.2, 0.25) is 0 Å². The maximum absolute atomic E-state index is 5.91. The molecular weight excluding hydrogens is 218 g/mol. The molecule has 0 aromatic carbocycles. The highest BCUT2D eigenvalue weighted by molar-refractivity contribution is 7.99. The zero-order valence-corrected chi connectivity index (χ0v) is 10.8. The SMILES string of the molecule is [CH2]CSC(C)c1ccc(N2CCCCC2)o1. The van der Waals surface area contributed by atoms with Crippen molar-refractivity contribution in [2.45, 2.75) is 31.4 Å². The summed E-state index contributed by atoms with van der Waals surface area (Å²) in [7, 11) is 0. The van der Waals surface area contributed by atoms with Gasteiger partial charge in [-0.3, -0.25) is 0 Å². The zero-order valence-electron chi connectivity index (χ0n) is 9.95. The number of thioether (sulfide) groups is 1. The summed E-state index contributed by atoms with van der Waals surface area (Å²) in [6, 6.07) is 4.22. The maximum Gasteiger partial charge on any atom is 0.195 e. The fourth-order valence-corrected chi connectivity index (χ4v) is 2.75. The standard InChI is InChI=1S/C13H20NOS/c1-3-16-11(2)12-7-8-13(15-12)14-9-5-4-6-10-14/h7-8,11H,1,3-6,9-10H2,2H3. The molecule has 3 heteroatoms. The van der Waals surface area contributed by atoms with Crippen molar-refractivity contribution in [2.24, 2.45) is 0 Å². The first-order chi connectivity index (χ1) is 7.81. The molecule has 1 aliphatic rings. The van der Waals surface area contributed by atoms with Gasteiger partial charge in [0.15, 0.2) is 5.88 Å². The van der Waals surface area contributed by atoms with E-state index in [-0.39, 0.29) is 0 Å². The predicted molar refractivity (Wildman–Crippen MR) is 71.0 cm³/mol. The van der Waals surface area contributed by atoms with E-state index in [2.05, 4.69) is 30.9 Å². The molecule has 16 heavy (non-hydrogen) atoms. The Morgan fingerprint density at radius 2 is 2.12 bits per heavy atom. The quantitative estimate of drug-likeness (QED) is 0.791. The van der Waals surface area contributed by atoms with Gasteiger partial charge in [0.05, 0.1) is 5.25 Å². The number of rotatable bonds is 4. The maximum atomic E-state index is 5.91. The molecule has 2 rings (SSSR count). The van der Waals surface area contributed by atoms with Crippen molar-refractivity contribution >= 4 is 17.6 Å². The third-order valence-corrected chi connectivity index (χ3v) is 4.02. The van der Waals surface area contributed by atoms with Gasteiger partial charge in [0.2, 0.25) is 0 Å². The van der Waals surface area contributed by atoms with E-state index in [1.807, 2.05) is 11.8 Å². The highest BCUT2D eigenvalue weighted by Gasteiger charge is 2.16. The number of nitrogens with zero attached hydrogens (tertiary/aromatic N) is 1. The zero-order chi connectivity index (χ0) is 11.4. The molecule has 0 spiro atoms. The van der Waals surface area contributed by atoms with Crippen LogP contribution in [0.1, 0.15) is 37.2 Å². The Kier molecular flexibility index (Phi) is 4.22. The van der Waals surface area contributed by atoms with E-state index in [1.165, 1.54) is 19.3 Å². The third-order valence-electron chi connectivity index (χ3n) is 3.05. The van der Waals surface area contributed by atoms with Gasteiger partial charge in [-0.25, -0.2) is 0 Å². The lowest BCUT2D eigenvalue weighted by Gasteiger charge is -2.26. The molecule has 89 valence electrons. The Morgan fingerprint density at radius 1 is 1.38 bits per heavy atom. The van der Waals surface area contributed by atoms with Gasteiger partial charge in [-0.1, -0.05) is 0 Å². The van der Waals surface area contributed by atoms with Crippen molar-refractivity contribution in [2.75, 3.05) is 23.7 Å². The summed E-state index contributed by atoms with van der Waals surface area (Å²) >= 11 is 1.82. The molecule has 1 aromatic rings. The molecule has 0 bridgehead atoms. The van der Waals surface area contributed by atoms with E-state index in [4.69, 9.17) is 4.42 Å². The molecule has 1 saturated heterocycles. The molecule has 1 unspecified atom stereocenters. The Bertz CT molecular complexity index is 317. The van der Waals surface area contributed by atoms with Crippen LogP contribution in [0.15, 0.2) is 16.5 Å². The van der Waals surface area contributed by atoms with Crippen molar-refractivity contribution in [3.63, 3.8) is 0 Å². The molecular formula is C13H20NOS. The van der Waals surface area contributed by atoms with Crippen LogP contribution < -0.4 is 4.90 Å². The fraction of sp³-hybridized carbons (Fsp3) is 0.615. The molecule has 0 saturated carbocycles. The number of furan rings is 1. The van der Waals surface area contributed by atoms with Crippen molar-refractivity contribution in [3.05, 3.63) is 24.8 Å². The first kappa shape index (κ1) is 11.9. The second-order valence-electron chi connectivity index (χ2n) is 4.24. The van der Waals surface area contributed by atoms with Gasteiger partial charge in [-0.2, -0.15) is 11.8 Å². The number of piperidine rings is 1. The Morgan fingerprint density at radius 3 is 2.81 bits per heavy atom. The van der Waals surface area contributed by atoms with Gasteiger partial charge in [-0.15, -0.1) is 0 Å². The predicted octanol–water partition coefficient (Wildman–Crippen LogP) is 3.90. The van der Waals surface area contributed by atoms with Crippen LogP contribution in [0.25, 0.3) is 0 Å². The number of anilines is 1. The topological polar surface area (TPSA) is 16.4 Å². The normalized spacial score (nSPS) is 18.8. The largest absolute Gasteiger partial charge is 0.444 e. The van der Waals surface area contributed by atoms with Crippen LogP contribution in [-0.4, -0.2) is 18.8 Å². The highest BCUT2D eigenvalue weighted by Crippen LogP contribution is 2.32. The van der Waals surface area contributed by atoms with Crippen molar-refractivity contribution in [1.29, 1.82) is 0 Å². The number of hydrogen-bond donors (Lipinski definition) is 0. The first-order valence-corrected chi connectivity index (χ1v) is 7.11. The van der Waals surface area contributed by atoms with Gasteiger partial charge < -0.3 is 9.32 Å². The molecule has 2 heterocycles. The smallest absolute Gasteiger partial charge is 0.195 e. The summed E-state index contributed by atoms with van der Waals surface area (Å²) < 4.78 is 5.91. The summed E-state index contributed by atoms with van der Waals surface area (Å²) in [4.78, 5) is 2.36. The Balaban J connectivity index is 2.00. The summed E-state index contributed by atoms with van der Waals surface area (Å²) in [6.07, 6.45) is 3.94. The molecule has 1 aliphatic heterocycles. The number of hydrogen-bond acceptors (Lipinski definition) is 3. The second-order valence-corrected chi connectivity index (χ2v) is 5.69. The minimum atomic E-state index is 0.413. The van der Waals surface area contributed by atoms with Crippen molar-refractivity contribution in [1.82, 2.24) is 0 Å². The van der Waals surface area contributed by atoms with E-state index < -0.39 is 0 Å². The van der Waals surface area contributed by atoms with Crippen molar-refractivity contribution < 1.29 is 4.42 Å². The van der Waals surface area contributed by atoms with Crippen LogP contribution in [0.4, 0.5) is 5.88 Å². The van der Waals surface area contributed by atoms with Gasteiger partial charge in [0.1, 0.15) is 5.76 Å². The average Bonchev–Trinajstić information content (AvgIpc) is 2.80. The van der Waals surface area contributed by atoms with Gasteiger partial charge in [0, 0.05) is 19.2 Å². The highest BCUT2D eigenvalue weighted by atomic mass is 32.2. The van der Waals surface area contributed by atoms with Gasteiger partial charge in [0.25, 0.3) is 0 Å². The third kappa shape index (κ3) is 2.76. The molecule has 0 aliphatic carbocycles. The van der Waals surface area contributed by atoms with Gasteiger partial charge >= 0.3 is 0 Å². The molecule has 1 radical (unpaired) electrons. The van der Waals surface area contributed by atoms with Crippen LogP contribution in [0.3, 0.4) is 0 Å². The van der Waals surface area contributed by atoms with E-state index in [1.54, 1.807) is 0 Å². The Hall–Kier alpha value is -0.570. The summed E-state index contributed by atoms with van der Waals surface area (Å²) in [5.74, 6) is 3.02. The average molecular weight is 238 g/mol. The minimum Gasteiger partial charge on any atom is -0.444 e.